The summed E-state index contributed by atoms with van der Waals surface area (Å²) in [7, 11) is 0. The van der Waals surface area contributed by atoms with Gasteiger partial charge in [-0.2, -0.15) is 0 Å². The number of imidazole rings is 1. The topological polar surface area (TPSA) is 113 Å². The Kier molecular flexibility index (Phi) is 5.23. The molecular formula is C18H16N4O5. The lowest BCUT2D eigenvalue weighted by Crippen LogP contribution is -2.16. The van der Waals surface area contributed by atoms with Gasteiger partial charge in [-0.3, -0.25) is 14.7 Å². The molecule has 1 heterocycles. The number of nitro benzene ring substituents is 1. The summed E-state index contributed by atoms with van der Waals surface area (Å²) in [6, 6.07) is 15.4. The monoisotopic (exact) mass is 368 g/mol. The van der Waals surface area contributed by atoms with Crippen molar-refractivity contribution in [1.29, 1.82) is 0 Å². The van der Waals surface area contributed by atoms with E-state index < -0.39 is 16.1 Å². The molecule has 1 unspecified atom stereocenters. The third-order valence-electron chi connectivity index (χ3n) is 3.99. The summed E-state index contributed by atoms with van der Waals surface area (Å²) in [4.78, 5) is 25.3. The van der Waals surface area contributed by atoms with Crippen molar-refractivity contribution < 1.29 is 14.6 Å². The molecule has 1 aromatic heterocycles. The van der Waals surface area contributed by atoms with E-state index in [0.717, 1.165) is 5.56 Å². The largest absolute Gasteiger partial charge is 0.381 e. The number of rotatable bonds is 7. The van der Waals surface area contributed by atoms with Crippen LogP contribution in [-0.4, -0.2) is 19.4 Å². The van der Waals surface area contributed by atoms with Gasteiger partial charge in [-0.25, -0.2) is 0 Å². The molecule has 0 saturated heterocycles. The van der Waals surface area contributed by atoms with Crippen LogP contribution in [0.2, 0.25) is 0 Å². The van der Waals surface area contributed by atoms with Gasteiger partial charge in [-0.05, 0) is 21.5 Å². The average Bonchev–Trinajstić information content (AvgIpc) is 3.05. The van der Waals surface area contributed by atoms with E-state index in [9.17, 15) is 20.2 Å². The predicted octanol–water partition coefficient (Wildman–Crippen LogP) is 3.77. The van der Waals surface area contributed by atoms with E-state index in [1.807, 2.05) is 30.3 Å². The fourth-order valence-electron chi connectivity index (χ4n) is 2.73. The lowest BCUT2D eigenvalue weighted by molar-refractivity contribution is -0.389. The summed E-state index contributed by atoms with van der Waals surface area (Å²) in [5.41, 5.74) is 1.02. The molecular weight excluding hydrogens is 352 g/mol. The van der Waals surface area contributed by atoms with Crippen LogP contribution < -0.4 is 0 Å². The van der Waals surface area contributed by atoms with Crippen molar-refractivity contribution in [2.24, 2.45) is 0 Å². The predicted molar refractivity (Wildman–Crippen MR) is 96.1 cm³/mol. The Morgan fingerprint density at radius 2 is 1.70 bits per heavy atom. The molecule has 138 valence electrons. The molecule has 3 aromatic rings. The number of aromatic nitrogens is 2. The van der Waals surface area contributed by atoms with E-state index in [-0.39, 0.29) is 23.7 Å². The smallest absolute Gasteiger partial charge is 0.358 e. The van der Waals surface area contributed by atoms with Crippen LogP contribution >= 0.6 is 0 Å². The minimum atomic E-state index is -0.937. The highest BCUT2D eigenvalue weighted by molar-refractivity contribution is 5.42. The second-order valence-electron chi connectivity index (χ2n) is 5.78. The summed E-state index contributed by atoms with van der Waals surface area (Å²) in [5, 5.41) is 22.5. The van der Waals surface area contributed by atoms with Crippen LogP contribution in [0.1, 0.15) is 23.2 Å². The number of aryl methyl sites for hydroxylation is 1. The summed E-state index contributed by atoms with van der Waals surface area (Å²) >= 11 is 0. The number of benzene rings is 2. The number of hydrogen-bond acceptors (Lipinski definition) is 6. The lowest BCUT2D eigenvalue weighted by atomic mass is 10.1. The SMILES string of the molecule is Cc1nc([N+](=O)[O-])cn1C(OCc1ccccc1)c1ccccc1[N+](=O)[O-]. The Balaban J connectivity index is 2.04. The highest BCUT2D eigenvalue weighted by Crippen LogP contribution is 2.31. The molecule has 3 rings (SSSR count). The number of para-hydroxylation sites is 1. The number of ether oxygens (including phenoxy) is 1. The van der Waals surface area contributed by atoms with Gasteiger partial charge in [0.2, 0.25) is 5.82 Å². The Hall–Kier alpha value is -3.59. The van der Waals surface area contributed by atoms with Crippen molar-refractivity contribution >= 4 is 11.5 Å². The zero-order chi connectivity index (χ0) is 19.4. The van der Waals surface area contributed by atoms with Crippen molar-refractivity contribution in [3.05, 3.63) is 98.0 Å². The minimum absolute atomic E-state index is 0.133. The standard InChI is InChI=1S/C18H16N4O5/c1-13-19-17(22(25)26)11-20(13)18(27-12-14-7-3-2-4-8-14)15-9-5-6-10-16(15)21(23)24/h2-11,18H,12H2,1H3. The van der Waals surface area contributed by atoms with Crippen LogP contribution in [0.15, 0.2) is 60.8 Å². The number of nitrogens with zero attached hydrogens (tertiary/aromatic N) is 4. The first-order valence-electron chi connectivity index (χ1n) is 8.06. The van der Waals surface area contributed by atoms with Gasteiger partial charge in [0.15, 0.2) is 6.23 Å². The zero-order valence-electron chi connectivity index (χ0n) is 14.4. The summed E-state index contributed by atoms with van der Waals surface area (Å²) in [6.07, 6.45) is 0.287. The lowest BCUT2D eigenvalue weighted by Gasteiger charge is -2.20. The first kappa shape index (κ1) is 18.2. The highest BCUT2D eigenvalue weighted by Gasteiger charge is 2.28. The second-order valence-corrected chi connectivity index (χ2v) is 5.78. The van der Waals surface area contributed by atoms with Crippen molar-refractivity contribution in [2.45, 2.75) is 19.8 Å². The third kappa shape index (κ3) is 3.98. The molecule has 27 heavy (non-hydrogen) atoms. The van der Waals surface area contributed by atoms with Crippen LogP contribution in [0.25, 0.3) is 0 Å². The van der Waals surface area contributed by atoms with E-state index in [4.69, 9.17) is 4.74 Å². The molecule has 0 saturated carbocycles. The maximum absolute atomic E-state index is 11.4. The Bertz CT molecular complexity index is 971. The van der Waals surface area contributed by atoms with Gasteiger partial charge in [0.1, 0.15) is 6.20 Å². The van der Waals surface area contributed by atoms with Crippen LogP contribution in [0.3, 0.4) is 0 Å². The number of nitro groups is 2. The van der Waals surface area contributed by atoms with Crippen molar-refractivity contribution in [1.82, 2.24) is 9.55 Å². The average molecular weight is 368 g/mol. The Morgan fingerprint density at radius 3 is 2.33 bits per heavy atom. The van der Waals surface area contributed by atoms with Crippen LogP contribution in [0.4, 0.5) is 11.5 Å². The quantitative estimate of drug-likeness (QED) is 0.463. The van der Waals surface area contributed by atoms with Crippen molar-refractivity contribution in [3.63, 3.8) is 0 Å². The Labute approximate surface area is 154 Å². The molecule has 0 aliphatic heterocycles. The summed E-state index contributed by atoms with van der Waals surface area (Å²) in [5.74, 6) is -0.0303. The van der Waals surface area contributed by atoms with E-state index in [2.05, 4.69) is 4.98 Å². The summed E-state index contributed by atoms with van der Waals surface area (Å²) in [6.45, 7) is 1.75. The summed E-state index contributed by atoms with van der Waals surface area (Å²) < 4.78 is 7.39. The van der Waals surface area contributed by atoms with Gasteiger partial charge in [-0.1, -0.05) is 42.5 Å². The van der Waals surface area contributed by atoms with Gasteiger partial charge in [0.25, 0.3) is 5.69 Å². The molecule has 9 nitrogen and oxygen atoms in total. The molecule has 0 aliphatic carbocycles. The molecule has 9 heteroatoms. The molecule has 0 N–H and O–H groups in total. The van der Waals surface area contributed by atoms with Crippen LogP contribution in [-0.2, 0) is 11.3 Å². The van der Waals surface area contributed by atoms with Crippen molar-refractivity contribution in [2.75, 3.05) is 0 Å². The third-order valence-corrected chi connectivity index (χ3v) is 3.99. The van der Waals surface area contributed by atoms with E-state index in [1.54, 1.807) is 25.1 Å². The first-order chi connectivity index (χ1) is 13.0. The molecule has 0 spiro atoms. The first-order valence-corrected chi connectivity index (χ1v) is 8.06. The molecule has 0 bridgehead atoms. The second kappa shape index (κ2) is 7.75. The minimum Gasteiger partial charge on any atom is -0.358 e. The van der Waals surface area contributed by atoms with Crippen LogP contribution in [0, 0.1) is 27.2 Å². The highest BCUT2D eigenvalue weighted by atomic mass is 16.6. The molecule has 0 amide bonds. The van der Waals surface area contributed by atoms with Gasteiger partial charge >= 0.3 is 5.82 Å². The fraction of sp³-hybridized carbons (Fsp3) is 0.167. The molecule has 0 radical (unpaired) electrons. The van der Waals surface area contributed by atoms with Crippen LogP contribution in [0.5, 0.6) is 0 Å². The molecule has 0 aliphatic rings. The zero-order valence-corrected chi connectivity index (χ0v) is 14.4. The van der Waals surface area contributed by atoms with Crippen molar-refractivity contribution in [3.8, 4) is 0 Å². The van der Waals surface area contributed by atoms with Gasteiger partial charge < -0.3 is 14.9 Å². The Morgan fingerprint density at radius 1 is 1.04 bits per heavy atom. The normalized spacial score (nSPS) is 11.9. The van der Waals surface area contributed by atoms with Gasteiger partial charge in [0, 0.05) is 13.0 Å². The van der Waals surface area contributed by atoms with E-state index >= 15 is 0 Å². The molecule has 0 fully saturated rings. The maximum Gasteiger partial charge on any atom is 0.381 e. The number of hydrogen-bond donors (Lipinski definition) is 0. The van der Waals surface area contributed by atoms with Gasteiger partial charge in [0.05, 0.1) is 17.1 Å². The van der Waals surface area contributed by atoms with Gasteiger partial charge in [-0.15, -0.1) is 0 Å². The molecule has 1 atom stereocenters. The van der Waals surface area contributed by atoms with E-state index in [1.165, 1.54) is 16.8 Å². The fourth-order valence-corrected chi connectivity index (χ4v) is 2.73. The van der Waals surface area contributed by atoms with E-state index in [0.29, 0.717) is 5.82 Å². The maximum atomic E-state index is 11.4. The molecule has 2 aromatic carbocycles.